The van der Waals surface area contributed by atoms with Crippen molar-refractivity contribution in [3.63, 3.8) is 0 Å². The van der Waals surface area contributed by atoms with E-state index in [2.05, 4.69) is 115 Å². The van der Waals surface area contributed by atoms with E-state index in [9.17, 15) is 4.79 Å². The van der Waals surface area contributed by atoms with E-state index in [0.29, 0.717) is 12.3 Å². The largest absolute Gasteiger partial charge is 0.514 e. The third-order valence-corrected chi connectivity index (χ3v) is 9.12. The van der Waals surface area contributed by atoms with Crippen LogP contribution in [-0.2, 0) is 24.8 Å². The highest BCUT2D eigenvalue weighted by molar-refractivity contribution is 5.87. The predicted octanol–water partition coefficient (Wildman–Crippen LogP) is 11.1. The van der Waals surface area contributed by atoms with E-state index in [1.807, 2.05) is 51.1 Å². The lowest BCUT2D eigenvalue weighted by molar-refractivity contribution is 0.0207. The molecular formula is C45H44N4O3. The molecule has 52 heavy (non-hydrogen) atoms. The maximum absolute atomic E-state index is 12.5. The Morgan fingerprint density at radius 3 is 2.08 bits per heavy atom. The molecule has 7 rings (SSSR count). The standard InChI is InChI=1S/C45H44N4O3/c1-7-16-39-46-40-30(2)27-35(43-47-41(33-17-10-8-11-18-33)42(48(43)6)34-19-12-9-13-20-34)28-37(40)49(39)29-31-23-25-32(26-24-31)36-21-14-15-22-38(36)51-44(50)52-45(3,4)5/h8-15,17-28H,7,16,29H2,1-6H3. The quantitative estimate of drug-likeness (QED) is 0.111. The molecule has 0 atom stereocenters. The van der Waals surface area contributed by atoms with E-state index >= 15 is 0 Å². The summed E-state index contributed by atoms with van der Waals surface area (Å²) < 4.78 is 15.6. The molecular weight excluding hydrogens is 645 g/mol. The molecule has 7 heteroatoms. The Balaban J connectivity index is 1.26. The second-order valence-corrected chi connectivity index (χ2v) is 14.2. The minimum atomic E-state index is -0.722. The molecule has 0 saturated heterocycles. The van der Waals surface area contributed by atoms with Crippen molar-refractivity contribution in [3.05, 3.63) is 138 Å². The van der Waals surface area contributed by atoms with Crippen molar-refractivity contribution in [1.29, 1.82) is 0 Å². The fraction of sp³-hybridized carbons (Fsp3) is 0.222. The molecule has 7 nitrogen and oxygen atoms in total. The van der Waals surface area contributed by atoms with Gasteiger partial charge in [0.2, 0.25) is 0 Å². The topological polar surface area (TPSA) is 71.2 Å². The number of fused-ring (bicyclic) bond motifs is 1. The second-order valence-electron chi connectivity index (χ2n) is 14.2. The third-order valence-electron chi connectivity index (χ3n) is 9.12. The summed E-state index contributed by atoms with van der Waals surface area (Å²) in [6, 6.07) is 41.3. The molecule has 7 aromatic rings. The molecule has 0 aliphatic carbocycles. The maximum Gasteiger partial charge on any atom is 0.514 e. The van der Waals surface area contributed by atoms with Crippen molar-refractivity contribution >= 4 is 17.2 Å². The number of ether oxygens (including phenoxy) is 2. The first-order valence-corrected chi connectivity index (χ1v) is 17.9. The van der Waals surface area contributed by atoms with Gasteiger partial charge in [-0.15, -0.1) is 0 Å². The van der Waals surface area contributed by atoms with Crippen LogP contribution >= 0.6 is 0 Å². The summed E-state index contributed by atoms with van der Waals surface area (Å²) >= 11 is 0. The number of nitrogens with zero attached hydrogens (tertiary/aromatic N) is 4. The number of carbonyl (C=O) groups is 1. The van der Waals surface area contributed by atoms with Gasteiger partial charge >= 0.3 is 6.16 Å². The lowest BCUT2D eigenvalue weighted by Crippen LogP contribution is -2.26. The van der Waals surface area contributed by atoms with Gasteiger partial charge in [-0.25, -0.2) is 14.8 Å². The number of aryl methyl sites for hydroxylation is 2. The molecule has 2 aromatic heterocycles. The fourth-order valence-electron chi connectivity index (χ4n) is 6.77. The van der Waals surface area contributed by atoms with Crippen LogP contribution in [-0.4, -0.2) is 30.9 Å². The molecule has 0 saturated carbocycles. The van der Waals surface area contributed by atoms with Crippen LogP contribution in [0.25, 0.3) is 56.1 Å². The van der Waals surface area contributed by atoms with Crippen LogP contribution in [0.15, 0.2) is 121 Å². The molecule has 0 amide bonds. The van der Waals surface area contributed by atoms with Crippen molar-refractivity contribution in [1.82, 2.24) is 19.1 Å². The average molecular weight is 689 g/mol. The predicted molar refractivity (Wildman–Crippen MR) is 209 cm³/mol. The van der Waals surface area contributed by atoms with Crippen molar-refractivity contribution in [2.24, 2.45) is 7.05 Å². The minimum absolute atomic E-state index is 0.457. The summed E-state index contributed by atoms with van der Waals surface area (Å²) in [6.07, 6.45) is 1.14. The molecule has 0 unspecified atom stereocenters. The number of benzene rings is 5. The Hall–Kier alpha value is -5.95. The summed E-state index contributed by atoms with van der Waals surface area (Å²) in [6.45, 7) is 10.5. The molecule has 0 aliphatic rings. The van der Waals surface area contributed by atoms with Gasteiger partial charge in [0, 0.05) is 42.3 Å². The number of imidazole rings is 2. The van der Waals surface area contributed by atoms with Crippen molar-refractivity contribution in [2.45, 2.75) is 59.6 Å². The zero-order chi connectivity index (χ0) is 36.4. The van der Waals surface area contributed by atoms with Crippen LogP contribution in [0.4, 0.5) is 4.79 Å². The zero-order valence-corrected chi connectivity index (χ0v) is 30.7. The molecule has 0 radical (unpaired) electrons. The number of aromatic nitrogens is 4. The number of rotatable bonds is 9. The van der Waals surface area contributed by atoms with Gasteiger partial charge in [0.05, 0.1) is 22.4 Å². The number of para-hydroxylation sites is 1. The highest BCUT2D eigenvalue weighted by atomic mass is 16.7. The summed E-state index contributed by atoms with van der Waals surface area (Å²) in [4.78, 5) is 23.0. The second kappa shape index (κ2) is 14.3. The van der Waals surface area contributed by atoms with Crippen LogP contribution in [0.1, 0.15) is 51.1 Å². The van der Waals surface area contributed by atoms with Crippen LogP contribution in [0, 0.1) is 6.92 Å². The van der Waals surface area contributed by atoms with E-state index in [-0.39, 0.29) is 0 Å². The normalized spacial score (nSPS) is 11.6. The molecule has 0 bridgehead atoms. The summed E-state index contributed by atoms with van der Waals surface area (Å²) in [5.41, 5.74) is 10.8. The molecule has 2 heterocycles. The van der Waals surface area contributed by atoms with Crippen LogP contribution in [0.2, 0.25) is 0 Å². The smallest absolute Gasteiger partial charge is 0.428 e. The van der Waals surface area contributed by atoms with Crippen molar-refractivity contribution in [2.75, 3.05) is 0 Å². The molecule has 0 fully saturated rings. The Labute approximate surface area is 305 Å². The Morgan fingerprint density at radius 2 is 1.40 bits per heavy atom. The average Bonchev–Trinajstić information content (AvgIpc) is 3.66. The van der Waals surface area contributed by atoms with E-state index < -0.39 is 11.8 Å². The van der Waals surface area contributed by atoms with Gasteiger partial charge in [0.1, 0.15) is 23.0 Å². The SMILES string of the molecule is CCCc1nc2c(C)cc(-c3nc(-c4ccccc4)c(-c4ccccc4)n3C)cc2n1Cc1ccc(-c2ccccc2OC(=O)OC(C)(C)C)cc1. The highest BCUT2D eigenvalue weighted by Gasteiger charge is 2.22. The minimum Gasteiger partial charge on any atom is -0.428 e. The van der Waals surface area contributed by atoms with Gasteiger partial charge in [0.15, 0.2) is 0 Å². The molecule has 0 N–H and O–H groups in total. The Morgan fingerprint density at radius 1 is 0.750 bits per heavy atom. The molecule has 262 valence electrons. The first-order valence-electron chi connectivity index (χ1n) is 17.9. The summed E-state index contributed by atoms with van der Waals surface area (Å²) in [5.74, 6) is 2.43. The first-order chi connectivity index (χ1) is 25.1. The lowest BCUT2D eigenvalue weighted by atomic mass is 10.0. The van der Waals surface area contributed by atoms with E-state index in [1.165, 1.54) is 0 Å². The number of carbonyl (C=O) groups excluding carboxylic acids is 1. The summed E-state index contributed by atoms with van der Waals surface area (Å²) in [5, 5.41) is 0. The summed E-state index contributed by atoms with van der Waals surface area (Å²) in [7, 11) is 2.11. The van der Waals surface area contributed by atoms with E-state index in [1.54, 1.807) is 6.07 Å². The van der Waals surface area contributed by atoms with Gasteiger partial charge in [0.25, 0.3) is 0 Å². The van der Waals surface area contributed by atoms with Crippen LogP contribution in [0.3, 0.4) is 0 Å². The van der Waals surface area contributed by atoms with Gasteiger partial charge in [-0.1, -0.05) is 110 Å². The van der Waals surface area contributed by atoms with E-state index in [4.69, 9.17) is 19.4 Å². The molecule has 0 spiro atoms. The van der Waals surface area contributed by atoms with Gasteiger partial charge < -0.3 is 18.6 Å². The van der Waals surface area contributed by atoms with Crippen molar-refractivity contribution < 1.29 is 14.3 Å². The van der Waals surface area contributed by atoms with Gasteiger partial charge in [-0.3, -0.25) is 0 Å². The molecule has 0 aliphatic heterocycles. The van der Waals surface area contributed by atoms with E-state index in [0.717, 1.165) is 85.9 Å². The highest BCUT2D eigenvalue weighted by Crippen LogP contribution is 2.37. The lowest BCUT2D eigenvalue weighted by Gasteiger charge is -2.19. The Bertz CT molecular complexity index is 2350. The van der Waals surface area contributed by atoms with Gasteiger partial charge in [-0.2, -0.15) is 0 Å². The Kier molecular flexibility index (Phi) is 9.52. The number of hydrogen-bond donors (Lipinski definition) is 0. The zero-order valence-electron chi connectivity index (χ0n) is 30.7. The molecule has 5 aromatic carbocycles. The van der Waals surface area contributed by atoms with Crippen LogP contribution < -0.4 is 4.74 Å². The first kappa shape index (κ1) is 34.5. The monoisotopic (exact) mass is 688 g/mol. The van der Waals surface area contributed by atoms with Crippen LogP contribution in [0.5, 0.6) is 5.75 Å². The van der Waals surface area contributed by atoms with Gasteiger partial charge in [-0.05, 0) is 69.0 Å². The fourth-order valence-corrected chi connectivity index (χ4v) is 6.77. The number of hydrogen-bond acceptors (Lipinski definition) is 5. The maximum atomic E-state index is 12.5. The third kappa shape index (κ3) is 7.12. The van der Waals surface area contributed by atoms with Crippen molar-refractivity contribution in [3.8, 4) is 50.8 Å².